The Morgan fingerprint density at radius 3 is 2.58 bits per heavy atom. The predicted molar refractivity (Wildman–Crippen MR) is 92.4 cm³/mol. The second kappa shape index (κ2) is 6.79. The van der Waals surface area contributed by atoms with Crippen molar-refractivity contribution in [3.8, 4) is 0 Å². The Kier molecular flexibility index (Phi) is 4.73. The Morgan fingerprint density at radius 2 is 1.92 bits per heavy atom. The second-order valence-corrected chi connectivity index (χ2v) is 6.21. The van der Waals surface area contributed by atoms with Crippen LogP contribution in [0.4, 0.5) is 15.8 Å². The first-order valence-electron chi connectivity index (χ1n) is 7.32. The van der Waals surface area contributed by atoms with Crippen molar-refractivity contribution in [2.45, 2.75) is 12.8 Å². The highest BCUT2D eigenvalue weighted by molar-refractivity contribution is 6.34. The Labute approximate surface area is 148 Å². The minimum atomic E-state index is -0.559. The number of hydrogen-bond donors (Lipinski definition) is 1. The lowest BCUT2D eigenvalue weighted by atomic mass is 10.1. The van der Waals surface area contributed by atoms with Crippen molar-refractivity contribution >= 4 is 46.4 Å². The van der Waals surface area contributed by atoms with Gasteiger partial charge in [-0.15, -0.1) is 0 Å². The lowest BCUT2D eigenvalue weighted by molar-refractivity contribution is -0.117. The number of carbonyl (C=O) groups excluding carboxylic acids is 2. The molecule has 4 nitrogen and oxygen atoms in total. The van der Waals surface area contributed by atoms with Crippen LogP contribution in [0.15, 0.2) is 36.4 Å². The molecule has 3 rings (SSSR count). The van der Waals surface area contributed by atoms with Crippen LogP contribution in [0.5, 0.6) is 0 Å². The van der Waals surface area contributed by atoms with Gasteiger partial charge in [0.25, 0.3) is 5.91 Å². The molecule has 24 heavy (non-hydrogen) atoms. The molecule has 1 fully saturated rings. The van der Waals surface area contributed by atoms with E-state index in [0.717, 1.165) is 6.42 Å². The van der Waals surface area contributed by atoms with Crippen LogP contribution in [0.2, 0.25) is 10.0 Å². The summed E-state index contributed by atoms with van der Waals surface area (Å²) in [6.45, 7) is 0.581. The molecule has 0 unspecified atom stereocenters. The largest absolute Gasteiger partial charge is 0.322 e. The first-order valence-corrected chi connectivity index (χ1v) is 8.07. The maximum absolute atomic E-state index is 13.2. The molecular weight excluding hydrogens is 354 g/mol. The summed E-state index contributed by atoms with van der Waals surface area (Å²) in [5.74, 6) is -0.974. The summed E-state index contributed by atoms with van der Waals surface area (Å²) in [5.41, 5.74) is 1.23. The number of nitrogens with zero attached hydrogens (tertiary/aromatic N) is 1. The van der Waals surface area contributed by atoms with E-state index in [1.54, 1.807) is 23.1 Å². The Bertz CT molecular complexity index is 826. The quantitative estimate of drug-likeness (QED) is 0.868. The van der Waals surface area contributed by atoms with E-state index in [2.05, 4.69) is 5.32 Å². The molecule has 1 N–H and O–H groups in total. The first-order chi connectivity index (χ1) is 11.5. The Morgan fingerprint density at radius 1 is 1.12 bits per heavy atom. The Hall–Kier alpha value is -2.11. The van der Waals surface area contributed by atoms with Gasteiger partial charge in [-0.3, -0.25) is 9.59 Å². The third kappa shape index (κ3) is 3.37. The van der Waals surface area contributed by atoms with E-state index in [1.165, 1.54) is 18.2 Å². The van der Waals surface area contributed by atoms with Crippen molar-refractivity contribution < 1.29 is 14.0 Å². The molecule has 0 radical (unpaired) electrons. The molecule has 1 aliphatic heterocycles. The fourth-order valence-corrected chi connectivity index (χ4v) is 2.94. The maximum atomic E-state index is 13.2. The zero-order valence-electron chi connectivity index (χ0n) is 12.5. The smallest absolute Gasteiger partial charge is 0.255 e. The normalized spacial score (nSPS) is 14.1. The zero-order chi connectivity index (χ0) is 17.3. The number of carbonyl (C=O) groups is 2. The molecule has 1 saturated heterocycles. The van der Waals surface area contributed by atoms with Crippen molar-refractivity contribution in [2.75, 3.05) is 16.8 Å². The van der Waals surface area contributed by atoms with Gasteiger partial charge in [0.15, 0.2) is 0 Å². The number of rotatable bonds is 3. The third-order valence-electron chi connectivity index (χ3n) is 3.75. The van der Waals surface area contributed by atoms with Crippen LogP contribution in [0.3, 0.4) is 0 Å². The highest BCUT2D eigenvalue weighted by Crippen LogP contribution is 2.30. The van der Waals surface area contributed by atoms with Crippen molar-refractivity contribution in [3.05, 3.63) is 57.8 Å². The van der Waals surface area contributed by atoms with Gasteiger partial charge in [-0.25, -0.2) is 4.39 Å². The molecule has 0 aliphatic carbocycles. The summed E-state index contributed by atoms with van der Waals surface area (Å²) in [6.07, 6.45) is 1.24. The van der Waals surface area contributed by atoms with Crippen LogP contribution >= 0.6 is 23.2 Å². The van der Waals surface area contributed by atoms with E-state index in [0.29, 0.717) is 34.9 Å². The number of hydrogen-bond acceptors (Lipinski definition) is 2. The van der Waals surface area contributed by atoms with Gasteiger partial charge in [0.1, 0.15) is 5.82 Å². The van der Waals surface area contributed by atoms with Gasteiger partial charge in [0.2, 0.25) is 5.91 Å². The average molecular weight is 367 g/mol. The average Bonchev–Trinajstić information content (AvgIpc) is 2.97. The van der Waals surface area contributed by atoms with Crippen LogP contribution in [0, 0.1) is 5.82 Å². The summed E-state index contributed by atoms with van der Waals surface area (Å²) in [5, 5.41) is 2.97. The molecule has 0 saturated carbocycles. The van der Waals surface area contributed by atoms with Crippen LogP contribution in [-0.4, -0.2) is 18.4 Å². The molecule has 0 bridgehead atoms. The van der Waals surface area contributed by atoms with Gasteiger partial charge in [0, 0.05) is 24.2 Å². The summed E-state index contributed by atoms with van der Waals surface area (Å²) in [4.78, 5) is 25.8. The summed E-state index contributed by atoms with van der Waals surface area (Å²) >= 11 is 11.9. The van der Waals surface area contributed by atoms with Crippen LogP contribution in [-0.2, 0) is 4.79 Å². The van der Waals surface area contributed by atoms with E-state index >= 15 is 0 Å². The lowest BCUT2D eigenvalue weighted by Gasteiger charge is -2.18. The second-order valence-electron chi connectivity index (χ2n) is 5.40. The standard InChI is InChI=1S/C17H13Cl2FN2O2/c18-12-5-3-10(8-15(12)22-7-1-2-16(22)23)17(24)21-11-4-6-14(20)13(19)9-11/h3-6,8-9H,1-2,7H2,(H,21,24). The van der Waals surface area contributed by atoms with E-state index < -0.39 is 11.7 Å². The SMILES string of the molecule is O=C(Nc1ccc(F)c(Cl)c1)c1ccc(Cl)c(N2CCCC2=O)c1. The lowest BCUT2D eigenvalue weighted by Crippen LogP contribution is -2.24. The summed E-state index contributed by atoms with van der Waals surface area (Å²) in [6, 6.07) is 8.64. The molecule has 0 aromatic heterocycles. The van der Waals surface area contributed by atoms with Crippen LogP contribution in [0.25, 0.3) is 0 Å². The highest BCUT2D eigenvalue weighted by Gasteiger charge is 2.24. The molecule has 2 aromatic carbocycles. The van der Waals surface area contributed by atoms with E-state index in [1.807, 2.05) is 0 Å². The molecule has 1 heterocycles. The summed E-state index contributed by atoms with van der Waals surface area (Å²) < 4.78 is 13.2. The van der Waals surface area contributed by atoms with E-state index in [9.17, 15) is 14.0 Å². The molecule has 2 amide bonds. The van der Waals surface area contributed by atoms with Gasteiger partial charge in [-0.1, -0.05) is 23.2 Å². The molecule has 7 heteroatoms. The molecule has 124 valence electrons. The number of benzene rings is 2. The predicted octanol–water partition coefficient (Wildman–Crippen LogP) is 4.51. The monoisotopic (exact) mass is 366 g/mol. The fourth-order valence-electron chi connectivity index (χ4n) is 2.54. The Balaban J connectivity index is 1.84. The third-order valence-corrected chi connectivity index (χ3v) is 4.36. The topological polar surface area (TPSA) is 49.4 Å². The minimum absolute atomic E-state index is 0.0141. The molecule has 0 spiro atoms. The van der Waals surface area contributed by atoms with Gasteiger partial charge < -0.3 is 10.2 Å². The van der Waals surface area contributed by atoms with Crippen LogP contribution in [0.1, 0.15) is 23.2 Å². The van der Waals surface area contributed by atoms with E-state index in [4.69, 9.17) is 23.2 Å². The summed E-state index contributed by atoms with van der Waals surface area (Å²) in [7, 11) is 0. The molecule has 1 aliphatic rings. The number of halogens is 3. The van der Waals surface area contributed by atoms with Crippen molar-refractivity contribution in [3.63, 3.8) is 0 Å². The van der Waals surface area contributed by atoms with E-state index in [-0.39, 0.29) is 10.9 Å². The van der Waals surface area contributed by atoms with Gasteiger partial charge in [-0.05, 0) is 42.8 Å². The fraction of sp³-hybridized carbons (Fsp3) is 0.176. The van der Waals surface area contributed by atoms with Crippen molar-refractivity contribution in [1.29, 1.82) is 0 Å². The maximum Gasteiger partial charge on any atom is 0.255 e. The molecule has 2 aromatic rings. The minimum Gasteiger partial charge on any atom is -0.322 e. The van der Waals surface area contributed by atoms with Gasteiger partial charge >= 0.3 is 0 Å². The number of amides is 2. The molecule has 0 atom stereocenters. The van der Waals surface area contributed by atoms with Crippen molar-refractivity contribution in [1.82, 2.24) is 0 Å². The van der Waals surface area contributed by atoms with Gasteiger partial charge in [0.05, 0.1) is 15.7 Å². The van der Waals surface area contributed by atoms with Gasteiger partial charge in [-0.2, -0.15) is 0 Å². The highest BCUT2D eigenvalue weighted by atomic mass is 35.5. The number of nitrogens with one attached hydrogen (secondary N) is 1. The van der Waals surface area contributed by atoms with Crippen molar-refractivity contribution in [2.24, 2.45) is 0 Å². The van der Waals surface area contributed by atoms with Crippen LogP contribution < -0.4 is 10.2 Å². The molecular formula is C17H13Cl2FN2O2. The first kappa shape index (κ1) is 16.7. The number of anilines is 2. The zero-order valence-corrected chi connectivity index (χ0v) is 14.0.